The fraction of sp³-hybridized carbons (Fsp3) is 0.0870. The largest absolute Gasteiger partial charge is 0.497 e. The molecule has 1 heterocycles. The molecule has 0 spiro atoms. The molecule has 0 bridgehead atoms. The lowest BCUT2D eigenvalue weighted by molar-refractivity contribution is 0.415. The molecule has 4 nitrogen and oxygen atoms in total. The monoisotopic (exact) mass is 425 g/mol. The smallest absolute Gasteiger partial charge is 0.208 e. The number of ether oxygens (including phenoxy) is 1. The first-order chi connectivity index (χ1) is 14.3. The van der Waals surface area contributed by atoms with Crippen LogP contribution < -0.4 is 4.74 Å². The van der Waals surface area contributed by atoms with Crippen LogP contribution in [-0.4, -0.2) is 20.5 Å². The number of halogens is 2. The zero-order chi connectivity index (χ0) is 21.5. The van der Waals surface area contributed by atoms with E-state index in [2.05, 4.69) is 4.98 Å². The Bertz CT molecular complexity index is 1370. The fourth-order valence-corrected chi connectivity index (χ4v) is 4.72. The van der Waals surface area contributed by atoms with Gasteiger partial charge < -0.3 is 4.74 Å². The third kappa shape index (κ3) is 3.41. The van der Waals surface area contributed by atoms with E-state index in [0.717, 1.165) is 6.07 Å². The highest BCUT2D eigenvalue weighted by Crippen LogP contribution is 2.37. The van der Waals surface area contributed by atoms with Crippen molar-refractivity contribution in [2.24, 2.45) is 0 Å². The molecule has 0 aliphatic rings. The SMILES string of the molecule is COc1ccc(-c2c(S(=O)(=O)c3ccc(C)c(F)c3)cnc3ccc(F)cc23)cc1. The van der Waals surface area contributed by atoms with Gasteiger partial charge in [-0.05, 0) is 60.5 Å². The quantitative estimate of drug-likeness (QED) is 0.444. The lowest BCUT2D eigenvalue weighted by Crippen LogP contribution is -2.06. The third-order valence-electron chi connectivity index (χ3n) is 4.92. The van der Waals surface area contributed by atoms with E-state index in [9.17, 15) is 17.2 Å². The van der Waals surface area contributed by atoms with Crippen molar-refractivity contribution < 1.29 is 21.9 Å². The Kier molecular flexibility index (Phi) is 4.99. The summed E-state index contributed by atoms with van der Waals surface area (Å²) in [6, 6.07) is 14.5. The highest BCUT2D eigenvalue weighted by Gasteiger charge is 2.25. The number of fused-ring (bicyclic) bond motifs is 1. The number of sulfone groups is 1. The van der Waals surface area contributed by atoms with Crippen molar-refractivity contribution in [1.29, 1.82) is 0 Å². The maximum Gasteiger partial charge on any atom is 0.208 e. The van der Waals surface area contributed by atoms with Crippen molar-refractivity contribution in [3.8, 4) is 16.9 Å². The van der Waals surface area contributed by atoms with Gasteiger partial charge in [0.1, 0.15) is 17.4 Å². The predicted molar refractivity (Wildman–Crippen MR) is 110 cm³/mol. The van der Waals surface area contributed by atoms with Gasteiger partial charge in [0.15, 0.2) is 0 Å². The second-order valence-corrected chi connectivity index (χ2v) is 8.72. The van der Waals surface area contributed by atoms with Gasteiger partial charge >= 0.3 is 0 Å². The number of pyridine rings is 1. The zero-order valence-electron chi connectivity index (χ0n) is 16.2. The lowest BCUT2D eigenvalue weighted by Gasteiger charge is -2.14. The van der Waals surface area contributed by atoms with Crippen molar-refractivity contribution in [2.45, 2.75) is 16.7 Å². The van der Waals surface area contributed by atoms with Crippen LogP contribution in [0.4, 0.5) is 8.78 Å². The number of hydrogen-bond donors (Lipinski definition) is 0. The lowest BCUT2D eigenvalue weighted by atomic mass is 10.0. The topological polar surface area (TPSA) is 56.3 Å². The van der Waals surface area contributed by atoms with Gasteiger partial charge in [0.25, 0.3) is 0 Å². The molecule has 0 saturated carbocycles. The average Bonchev–Trinajstić information content (AvgIpc) is 2.74. The number of hydrogen-bond acceptors (Lipinski definition) is 4. The molecule has 4 rings (SSSR count). The molecular formula is C23H17F2NO3S. The highest BCUT2D eigenvalue weighted by molar-refractivity contribution is 7.91. The van der Waals surface area contributed by atoms with Crippen LogP contribution >= 0.6 is 0 Å². The van der Waals surface area contributed by atoms with Crippen molar-refractivity contribution in [2.75, 3.05) is 7.11 Å². The molecule has 3 aromatic carbocycles. The molecule has 1 aromatic heterocycles. The summed E-state index contributed by atoms with van der Waals surface area (Å²) in [5.41, 5.74) is 1.61. The maximum absolute atomic E-state index is 14.1. The van der Waals surface area contributed by atoms with E-state index >= 15 is 0 Å². The van der Waals surface area contributed by atoms with Crippen LogP contribution in [-0.2, 0) is 9.84 Å². The molecule has 0 fully saturated rings. The van der Waals surface area contributed by atoms with Gasteiger partial charge in [0.2, 0.25) is 9.84 Å². The number of rotatable bonds is 4. The molecule has 0 aliphatic carbocycles. The molecule has 0 radical (unpaired) electrons. The van der Waals surface area contributed by atoms with E-state index in [-0.39, 0.29) is 9.79 Å². The maximum atomic E-state index is 14.1. The molecule has 0 saturated heterocycles. The molecule has 0 amide bonds. The van der Waals surface area contributed by atoms with E-state index < -0.39 is 21.5 Å². The van der Waals surface area contributed by atoms with Crippen LogP contribution in [0.25, 0.3) is 22.0 Å². The van der Waals surface area contributed by atoms with Crippen LogP contribution in [0, 0.1) is 18.6 Å². The van der Waals surface area contributed by atoms with Gasteiger partial charge in [-0.25, -0.2) is 17.2 Å². The molecule has 0 atom stereocenters. The highest BCUT2D eigenvalue weighted by atomic mass is 32.2. The first kappa shape index (κ1) is 20.0. The van der Waals surface area contributed by atoms with Crippen molar-refractivity contribution >= 4 is 20.7 Å². The zero-order valence-corrected chi connectivity index (χ0v) is 17.0. The summed E-state index contributed by atoms with van der Waals surface area (Å²) in [5, 5.41) is 0.342. The van der Waals surface area contributed by atoms with Gasteiger partial charge in [0, 0.05) is 17.1 Å². The van der Waals surface area contributed by atoms with Gasteiger partial charge in [-0.2, -0.15) is 0 Å². The van der Waals surface area contributed by atoms with Crippen LogP contribution in [0.3, 0.4) is 0 Å². The molecule has 4 aromatic rings. The Balaban J connectivity index is 2.05. The normalized spacial score (nSPS) is 11.6. The molecule has 0 aliphatic heterocycles. The van der Waals surface area contributed by atoms with Crippen molar-refractivity contribution in [1.82, 2.24) is 4.98 Å². The summed E-state index contributed by atoms with van der Waals surface area (Å²) >= 11 is 0. The molecule has 152 valence electrons. The molecule has 0 N–H and O–H groups in total. The van der Waals surface area contributed by atoms with Crippen molar-refractivity contribution in [3.05, 3.63) is 84.1 Å². The van der Waals surface area contributed by atoms with Gasteiger partial charge in [-0.1, -0.05) is 18.2 Å². The number of methoxy groups -OCH3 is 1. The fourth-order valence-electron chi connectivity index (χ4n) is 3.27. The minimum absolute atomic E-state index is 0.131. The Hall–Kier alpha value is -3.32. The van der Waals surface area contributed by atoms with Crippen LogP contribution in [0.2, 0.25) is 0 Å². The van der Waals surface area contributed by atoms with E-state index in [1.54, 1.807) is 31.2 Å². The number of nitrogens with zero attached hydrogens (tertiary/aromatic N) is 1. The second-order valence-electron chi connectivity index (χ2n) is 6.80. The summed E-state index contributed by atoms with van der Waals surface area (Å²) in [5.74, 6) is -0.551. The molecule has 7 heteroatoms. The first-order valence-corrected chi connectivity index (χ1v) is 10.5. The van der Waals surface area contributed by atoms with E-state index in [1.165, 1.54) is 43.6 Å². The second kappa shape index (κ2) is 7.50. The van der Waals surface area contributed by atoms with E-state index in [4.69, 9.17) is 4.74 Å². The molecule has 30 heavy (non-hydrogen) atoms. The Morgan fingerprint density at radius 2 is 1.67 bits per heavy atom. The Morgan fingerprint density at radius 1 is 0.933 bits per heavy atom. The Labute approximate surface area is 172 Å². The average molecular weight is 425 g/mol. The van der Waals surface area contributed by atoms with E-state index in [1.807, 2.05) is 0 Å². The van der Waals surface area contributed by atoms with Crippen LogP contribution in [0.1, 0.15) is 5.56 Å². The molecule has 0 unspecified atom stereocenters. The summed E-state index contributed by atoms with van der Waals surface area (Å²) in [6.45, 7) is 1.55. The van der Waals surface area contributed by atoms with Crippen LogP contribution in [0.15, 0.2) is 76.7 Å². The van der Waals surface area contributed by atoms with Crippen molar-refractivity contribution in [3.63, 3.8) is 0 Å². The number of aromatic nitrogens is 1. The summed E-state index contributed by atoms with van der Waals surface area (Å²) in [7, 11) is -2.61. The predicted octanol–water partition coefficient (Wildman–Crippen LogP) is 5.33. The molecular weight excluding hydrogens is 408 g/mol. The number of aryl methyl sites for hydroxylation is 1. The summed E-state index contributed by atoms with van der Waals surface area (Å²) in [6.07, 6.45) is 1.23. The van der Waals surface area contributed by atoms with Gasteiger partial charge in [-0.3, -0.25) is 4.98 Å². The van der Waals surface area contributed by atoms with E-state index in [0.29, 0.717) is 33.3 Å². The summed E-state index contributed by atoms with van der Waals surface area (Å²) < 4.78 is 60.2. The first-order valence-electron chi connectivity index (χ1n) is 9.05. The van der Waals surface area contributed by atoms with Crippen LogP contribution in [0.5, 0.6) is 5.75 Å². The number of benzene rings is 3. The standard InChI is InChI=1S/C23H17F2NO3S/c1-14-3-9-18(12-20(14)25)30(27,28)22-13-26-21-10-6-16(24)11-19(21)23(22)15-4-7-17(29-2)8-5-15/h3-13H,1-2H3. The van der Waals surface area contributed by atoms with Gasteiger partial charge in [0.05, 0.1) is 22.4 Å². The minimum Gasteiger partial charge on any atom is -0.497 e. The third-order valence-corrected chi connectivity index (χ3v) is 6.68. The summed E-state index contributed by atoms with van der Waals surface area (Å²) in [4.78, 5) is 3.88. The Morgan fingerprint density at radius 3 is 2.33 bits per heavy atom. The van der Waals surface area contributed by atoms with Gasteiger partial charge in [-0.15, -0.1) is 0 Å². The minimum atomic E-state index is -4.13.